The number of benzene rings is 1. The Hall–Kier alpha value is -1.59. The molecule has 1 fully saturated rings. The van der Waals surface area contributed by atoms with Crippen LogP contribution in [-0.2, 0) is 4.79 Å². The molecule has 5 nitrogen and oxygen atoms in total. The van der Waals surface area contributed by atoms with E-state index < -0.39 is 5.97 Å². The molecule has 1 aliphatic heterocycles. The molecule has 0 radical (unpaired) electrons. The molecule has 2 N–H and O–H groups in total. The third kappa shape index (κ3) is 5.52. The highest BCUT2D eigenvalue weighted by molar-refractivity contribution is 5.69. The molecule has 5 heteroatoms. The molecule has 0 saturated carbocycles. The van der Waals surface area contributed by atoms with E-state index in [0.29, 0.717) is 6.61 Å². The summed E-state index contributed by atoms with van der Waals surface area (Å²) in [4.78, 5) is 13.1. The number of nitrogens with zero attached hydrogens (tertiary/aromatic N) is 1. The van der Waals surface area contributed by atoms with Gasteiger partial charge in [0.2, 0.25) is 0 Å². The molecule has 1 unspecified atom stereocenters. The number of rotatable bonds is 8. The Kier molecular flexibility index (Phi) is 6.02. The first-order chi connectivity index (χ1) is 10.9. The Morgan fingerprint density at radius 3 is 2.87 bits per heavy atom. The standard InChI is InChI=1S/C18H28N2O3/c1-14-5-6-16(11-15(14)2)23-10-4-8-20-9-7-18(3,13-20)19-12-17(21)22/h5-6,11,19H,4,7-10,12-13H2,1-3H3,(H,21,22). The number of ether oxygens (including phenoxy) is 1. The molecule has 1 aromatic carbocycles. The summed E-state index contributed by atoms with van der Waals surface area (Å²) in [7, 11) is 0. The Balaban J connectivity index is 1.67. The van der Waals surface area contributed by atoms with Gasteiger partial charge >= 0.3 is 5.97 Å². The van der Waals surface area contributed by atoms with E-state index in [1.54, 1.807) is 0 Å². The van der Waals surface area contributed by atoms with E-state index >= 15 is 0 Å². The zero-order valence-corrected chi connectivity index (χ0v) is 14.4. The zero-order chi connectivity index (χ0) is 16.9. The predicted octanol–water partition coefficient (Wildman–Crippen LogP) is 2.21. The van der Waals surface area contributed by atoms with Crippen molar-refractivity contribution in [3.63, 3.8) is 0 Å². The number of hydrogen-bond donors (Lipinski definition) is 2. The average molecular weight is 320 g/mol. The third-order valence-electron chi connectivity index (χ3n) is 4.58. The summed E-state index contributed by atoms with van der Waals surface area (Å²) in [5.74, 6) is 0.133. The van der Waals surface area contributed by atoms with E-state index in [-0.39, 0.29) is 12.1 Å². The lowest BCUT2D eigenvalue weighted by Gasteiger charge is -2.25. The van der Waals surface area contributed by atoms with Gasteiger partial charge in [-0.3, -0.25) is 4.79 Å². The highest BCUT2D eigenvalue weighted by atomic mass is 16.5. The topological polar surface area (TPSA) is 61.8 Å². The van der Waals surface area contributed by atoms with E-state index in [1.807, 2.05) is 6.07 Å². The molecule has 0 aliphatic carbocycles. The van der Waals surface area contributed by atoms with Gasteiger partial charge in [-0.1, -0.05) is 6.07 Å². The number of hydrogen-bond acceptors (Lipinski definition) is 4. The van der Waals surface area contributed by atoms with E-state index in [1.165, 1.54) is 11.1 Å². The summed E-state index contributed by atoms with van der Waals surface area (Å²) in [6.45, 7) is 9.91. The summed E-state index contributed by atoms with van der Waals surface area (Å²) in [6, 6.07) is 6.19. The minimum atomic E-state index is -0.800. The summed E-state index contributed by atoms with van der Waals surface area (Å²) in [5.41, 5.74) is 2.44. The van der Waals surface area contributed by atoms with Crippen LogP contribution in [0.5, 0.6) is 5.75 Å². The largest absolute Gasteiger partial charge is 0.494 e. The van der Waals surface area contributed by atoms with Crippen LogP contribution in [-0.4, -0.2) is 54.3 Å². The number of nitrogens with one attached hydrogen (secondary N) is 1. The fraction of sp³-hybridized carbons (Fsp3) is 0.611. The van der Waals surface area contributed by atoms with E-state index in [4.69, 9.17) is 9.84 Å². The number of likely N-dealkylation sites (tertiary alicyclic amines) is 1. The maximum atomic E-state index is 10.7. The second-order valence-corrected chi connectivity index (χ2v) is 6.78. The van der Waals surface area contributed by atoms with E-state index in [2.05, 4.69) is 43.1 Å². The van der Waals surface area contributed by atoms with Crippen molar-refractivity contribution >= 4 is 5.97 Å². The molecule has 2 rings (SSSR count). The Morgan fingerprint density at radius 2 is 2.17 bits per heavy atom. The maximum absolute atomic E-state index is 10.7. The van der Waals surface area contributed by atoms with Crippen LogP contribution in [0.25, 0.3) is 0 Å². The molecule has 128 valence electrons. The second-order valence-electron chi connectivity index (χ2n) is 6.78. The lowest BCUT2D eigenvalue weighted by Crippen LogP contribution is -2.47. The molecular weight excluding hydrogens is 292 g/mol. The van der Waals surface area contributed by atoms with Gasteiger partial charge in [-0.15, -0.1) is 0 Å². The van der Waals surface area contributed by atoms with Crippen molar-refractivity contribution in [2.75, 3.05) is 32.8 Å². The molecule has 1 atom stereocenters. The first kappa shape index (κ1) is 17.8. The molecule has 0 bridgehead atoms. The van der Waals surface area contributed by atoms with Crippen LogP contribution in [0.3, 0.4) is 0 Å². The van der Waals surface area contributed by atoms with Crippen LogP contribution in [0, 0.1) is 13.8 Å². The van der Waals surface area contributed by atoms with Crippen LogP contribution >= 0.6 is 0 Å². The van der Waals surface area contributed by atoms with Gasteiger partial charge in [0.15, 0.2) is 0 Å². The van der Waals surface area contributed by atoms with Crippen molar-refractivity contribution in [2.24, 2.45) is 0 Å². The van der Waals surface area contributed by atoms with E-state index in [0.717, 1.165) is 38.2 Å². The fourth-order valence-electron chi connectivity index (χ4n) is 2.96. The van der Waals surface area contributed by atoms with Crippen molar-refractivity contribution < 1.29 is 14.6 Å². The molecule has 23 heavy (non-hydrogen) atoms. The first-order valence-electron chi connectivity index (χ1n) is 8.27. The van der Waals surface area contributed by atoms with Gasteiger partial charge in [0.25, 0.3) is 0 Å². The Morgan fingerprint density at radius 1 is 1.39 bits per heavy atom. The predicted molar refractivity (Wildman–Crippen MR) is 91.1 cm³/mol. The van der Waals surface area contributed by atoms with Gasteiger partial charge in [-0.25, -0.2) is 0 Å². The lowest BCUT2D eigenvalue weighted by atomic mass is 10.0. The third-order valence-corrected chi connectivity index (χ3v) is 4.58. The fourth-order valence-corrected chi connectivity index (χ4v) is 2.96. The van der Waals surface area contributed by atoms with Crippen LogP contribution in [0.2, 0.25) is 0 Å². The van der Waals surface area contributed by atoms with Crippen LogP contribution in [0.4, 0.5) is 0 Å². The molecule has 1 saturated heterocycles. The number of aryl methyl sites for hydroxylation is 2. The van der Waals surface area contributed by atoms with Crippen LogP contribution < -0.4 is 10.1 Å². The SMILES string of the molecule is Cc1ccc(OCCCN2CCC(C)(NCC(=O)O)C2)cc1C. The summed E-state index contributed by atoms with van der Waals surface area (Å²) < 4.78 is 5.81. The lowest BCUT2D eigenvalue weighted by molar-refractivity contribution is -0.136. The highest BCUT2D eigenvalue weighted by Gasteiger charge is 2.33. The number of carboxylic acids is 1. The van der Waals surface area contributed by atoms with Gasteiger partial charge in [-0.05, 0) is 56.9 Å². The summed E-state index contributed by atoms with van der Waals surface area (Å²) in [6.07, 6.45) is 1.96. The molecule has 1 aliphatic rings. The Bertz CT molecular complexity index is 547. The van der Waals surface area contributed by atoms with E-state index in [9.17, 15) is 4.79 Å². The average Bonchev–Trinajstić information content (AvgIpc) is 2.87. The van der Waals surface area contributed by atoms with Gasteiger partial charge in [0.1, 0.15) is 5.75 Å². The van der Waals surface area contributed by atoms with Gasteiger partial charge < -0.3 is 20.1 Å². The van der Waals surface area contributed by atoms with Crippen LogP contribution in [0.1, 0.15) is 30.9 Å². The molecule has 1 aromatic rings. The quantitative estimate of drug-likeness (QED) is 0.719. The molecule has 0 amide bonds. The minimum Gasteiger partial charge on any atom is -0.494 e. The van der Waals surface area contributed by atoms with Crippen molar-refractivity contribution in [3.8, 4) is 5.75 Å². The first-order valence-corrected chi connectivity index (χ1v) is 8.27. The maximum Gasteiger partial charge on any atom is 0.317 e. The summed E-state index contributed by atoms with van der Waals surface area (Å²) >= 11 is 0. The monoisotopic (exact) mass is 320 g/mol. The van der Waals surface area contributed by atoms with Gasteiger partial charge in [0.05, 0.1) is 13.2 Å². The highest BCUT2D eigenvalue weighted by Crippen LogP contribution is 2.21. The molecule has 1 heterocycles. The smallest absolute Gasteiger partial charge is 0.317 e. The van der Waals surface area contributed by atoms with Crippen molar-refractivity contribution in [1.29, 1.82) is 0 Å². The zero-order valence-electron chi connectivity index (χ0n) is 14.4. The summed E-state index contributed by atoms with van der Waals surface area (Å²) in [5, 5.41) is 11.9. The number of carbonyl (C=O) groups is 1. The Labute approximate surface area is 138 Å². The van der Waals surface area contributed by atoms with Gasteiger partial charge in [0, 0.05) is 25.2 Å². The van der Waals surface area contributed by atoms with Crippen molar-refractivity contribution in [1.82, 2.24) is 10.2 Å². The second kappa shape index (κ2) is 7.79. The normalized spacial score (nSPS) is 21.5. The van der Waals surface area contributed by atoms with Crippen LogP contribution in [0.15, 0.2) is 18.2 Å². The molecule has 0 spiro atoms. The molecular formula is C18H28N2O3. The van der Waals surface area contributed by atoms with Gasteiger partial charge in [-0.2, -0.15) is 0 Å². The molecule has 0 aromatic heterocycles. The van der Waals surface area contributed by atoms with Crippen molar-refractivity contribution in [3.05, 3.63) is 29.3 Å². The number of aliphatic carboxylic acids is 1. The number of carboxylic acid groups (broad SMARTS) is 1. The minimum absolute atomic E-state index is 0.0280. The van der Waals surface area contributed by atoms with Crippen molar-refractivity contribution in [2.45, 2.75) is 39.2 Å².